The molecule has 0 aliphatic carbocycles. The fourth-order valence-electron chi connectivity index (χ4n) is 1.19. The van der Waals surface area contributed by atoms with Gasteiger partial charge < -0.3 is 10.5 Å². The van der Waals surface area contributed by atoms with Crippen LogP contribution in [0.25, 0.3) is 0 Å². The summed E-state index contributed by atoms with van der Waals surface area (Å²) in [6.07, 6.45) is 0. The highest BCUT2D eigenvalue weighted by Gasteiger charge is 2.17. The first-order chi connectivity index (χ1) is 6.56. The Kier molecular flexibility index (Phi) is 3.03. The lowest BCUT2D eigenvalue weighted by Crippen LogP contribution is -2.08. The number of nitrogens with two attached hydrogens (primary N) is 1. The van der Waals surface area contributed by atoms with Crippen molar-refractivity contribution in [2.75, 3.05) is 7.11 Å². The van der Waals surface area contributed by atoms with Crippen molar-refractivity contribution in [3.05, 3.63) is 33.9 Å². The highest BCUT2D eigenvalue weighted by atomic mass is 16.6. The lowest BCUT2D eigenvalue weighted by Gasteiger charge is -2.07. The molecule has 5 heteroatoms. The molecular weight excluding hydrogens is 184 g/mol. The van der Waals surface area contributed by atoms with Crippen LogP contribution in [0.15, 0.2) is 18.2 Å². The van der Waals surface area contributed by atoms with E-state index in [-0.39, 0.29) is 11.7 Å². The molecule has 0 spiro atoms. The quantitative estimate of drug-likeness (QED) is 0.588. The number of benzene rings is 1. The fraction of sp³-hybridized carbons (Fsp3) is 0.333. The molecule has 76 valence electrons. The monoisotopic (exact) mass is 196 g/mol. The fourth-order valence-corrected chi connectivity index (χ4v) is 1.19. The van der Waals surface area contributed by atoms with Gasteiger partial charge in [0.25, 0.3) is 5.69 Å². The minimum atomic E-state index is -0.457. The minimum absolute atomic E-state index is 0.000602. The van der Waals surface area contributed by atoms with Crippen molar-refractivity contribution in [1.82, 2.24) is 0 Å². The maximum Gasteiger partial charge on any atom is 0.277 e. The van der Waals surface area contributed by atoms with Gasteiger partial charge in [-0.2, -0.15) is 0 Å². The molecule has 0 heterocycles. The average Bonchev–Trinajstić information content (AvgIpc) is 2.16. The van der Waals surface area contributed by atoms with Gasteiger partial charge in [-0.25, -0.2) is 0 Å². The van der Waals surface area contributed by atoms with Crippen LogP contribution in [0.4, 0.5) is 5.69 Å². The third-order valence-corrected chi connectivity index (χ3v) is 1.92. The first-order valence-corrected chi connectivity index (χ1v) is 4.14. The minimum Gasteiger partial charge on any atom is -0.497 e. The Balaban J connectivity index is 3.24. The Morgan fingerprint density at radius 2 is 2.21 bits per heavy atom. The van der Waals surface area contributed by atoms with Crippen LogP contribution in [0, 0.1) is 10.1 Å². The van der Waals surface area contributed by atoms with Crippen LogP contribution >= 0.6 is 0 Å². The second-order valence-corrected chi connectivity index (χ2v) is 2.97. The summed E-state index contributed by atoms with van der Waals surface area (Å²) in [7, 11) is 1.46. The average molecular weight is 196 g/mol. The zero-order valence-corrected chi connectivity index (χ0v) is 8.06. The predicted octanol–water partition coefficient (Wildman–Crippen LogP) is 1.62. The largest absolute Gasteiger partial charge is 0.497 e. The third kappa shape index (κ3) is 2.00. The van der Waals surface area contributed by atoms with Crippen LogP contribution in [0.5, 0.6) is 5.75 Å². The predicted molar refractivity (Wildman–Crippen MR) is 52.3 cm³/mol. The first kappa shape index (κ1) is 10.5. The van der Waals surface area contributed by atoms with Crippen molar-refractivity contribution in [2.24, 2.45) is 5.73 Å². The van der Waals surface area contributed by atoms with Gasteiger partial charge in [-0.1, -0.05) is 0 Å². The summed E-state index contributed by atoms with van der Waals surface area (Å²) >= 11 is 0. The van der Waals surface area contributed by atoms with Crippen molar-refractivity contribution < 1.29 is 9.66 Å². The van der Waals surface area contributed by atoms with Crippen molar-refractivity contribution in [1.29, 1.82) is 0 Å². The molecule has 0 radical (unpaired) electrons. The van der Waals surface area contributed by atoms with Gasteiger partial charge >= 0.3 is 0 Å². The highest BCUT2D eigenvalue weighted by Crippen LogP contribution is 2.27. The van der Waals surface area contributed by atoms with Crippen molar-refractivity contribution >= 4 is 5.69 Å². The second kappa shape index (κ2) is 4.06. The lowest BCUT2D eigenvalue weighted by atomic mass is 10.1. The maximum atomic E-state index is 10.7. The van der Waals surface area contributed by atoms with Gasteiger partial charge in [0.05, 0.1) is 18.1 Å². The molecule has 0 aliphatic rings. The molecule has 1 atom stereocenters. The smallest absolute Gasteiger partial charge is 0.277 e. The van der Waals surface area contributed by atoms with E-state index in [1.807, 2.05) is 0 Å². The van der Waals surface area contributed by atoms with Gasteiger partial charge in [0.15, 0.2) is 0 Å². The molecule has 0 saturated carbocycles. The van der Waals surface area contributed by atoms with Crippen LogP contribution in [-0.2, 0) is 0 Å². The molecule has 0 saturated heterocycles. The molecule has 0 aromatic heterocycles. The number of nitro benzene ring substituents is 1. The Labute approximate surface area is 81.6 Å². The van der Waals surface area contributed by atoms with Crippen LogP contribution in [0.1, 0.15) is 18.5 Å². The summed E-state index contributed by atoms with van der Waals surface area (Å²) in [4.78, 5) is 10.2. The van der Waals surface area contributed by atoms with Crippen LogP contribution in [0.3, 0.4) is 0 Å². The summed E-state index contributed by atoms with van der Waals surface area (Å²) in [5.74, 6) is 0.459. The van der Waals surface area contributed by atoms with Gasteiger partial charge in [0, 0.05) is 11.6 Å². The van der Waals surface area contributed by atoms with Gasteiger partial charge in [0.2, 0.25) is 0 Å². The third-order valence-electron chi connectivity index (χ3n) is 1.92. The van der Waals surface area contributed by atoms with E-state index in [0.29, 0.717) is 11.3 Å². The molecule has 1 aromatic rings. The van der Waals surface area contributed by atoms with E-state index in [4.69, 9.17) is 10.5 Å². The van der Waals surface area contributed by atoms with Crippen molar-refractivity contribution in [3.63, 3.8) is 0 Å². The van der Waals surface area contributed by atoms with Crippen LogP contribution < -0.4 is 10.5 Å². The number of methoxy groups -OCH3 is 1. The molecule has 0 amide bonds. The number of nitrogens with zero attached hydrogens (tertiary/aromatic N) is 1. The van der Waals surface area contributed by atoms with E-state index in [1.54, 1.807) is 19.1 Å². The second-order valence-electron chi connectivity index (χ2n) is 2.97. The zero-order valence-electron chi connectivity index (χ0n) is 8.06. The Morgan fingerprint density at radius 1 is 1.57 bits per heavy atom. The summed E-state index contributed by atoms with van der Waals surface area (Å²) in [5.41, 5.74) is 6.11. The molecule has 0 aliphatic heterocycles. The normalized spacial score (nSPS) is 12.2. The van der Waals surface area contributed by atoms with Gasteiger partial charge in [-0.3, -0.25) is 10.1 Å². The highest BCUT2D eigenvalue weighted by molar-refractivity contribution is 5.47. The van der Waals surface area contributed by atoms with E-state index in [1.165, 1.54) is 13.2 Å². The van der Waals surface area contributed by atoms with E-state index < -0.39 is 4.92 Å². The SMILES string of the molecule is COc1ccc([C@@H](C)N)c([N+](=O)[O-])c1. The van der Waals surface area contributed by atoms with Crippen LogP contribution in [-0.4, -0.2) is 12.0 Å². The lowest BCUT2D eigenvalue weighted by molar-refractivity contribution is -0.385. The number of hydrogen-bond donors (Lipinski definition) is 1. The molecular formula is C9H12N2O3. The number of rotatable bonds is 3. The van der Waals surface area contributed by atoms with E-state index >= 15 is 0 Å². The number of hydrogen-bond acceptors (Lipinski definition) is 4. The standard InChI is InChI=1S/C9H12N2O3/c1-6(10)8-4-3-7(14-2)5-9(8)11(12)13/h3-6H,10H2,1-2H3/t6-/m1/s1. The zero-order chi connectivity index (χ0) is 10.7. The Morgan fingerprint density at radius 3 is 2.64 bits per heavy atom. The maximum absolute atomic E-state index is 10.7. The molecule has 1 aromatic carbocycles. The number of nitro groups is 1. The summed E-state index contributed by atoms with van der Waals surface area (Å²) in [5, 5.41) is 10.7. The summed E-state index contributed by atoms with van der Waals surface area (Å²) < 4.78 is 4.89. The Bertz CT molecular complexity index is 350. The van der Waals surface area contributed by atoms with E-state index in [0.717, 1.165) is 0 Å². The molecule has 5 nitrogen and oxygen atoms in total. The summed E-state index contributed by atoms with van der Waals surface area (Å²) in [6, 6.07) is 4.28. The molecule has 0 unspecified atom stereocenters. The van der Waals surface area contributed by atoms with Gasteiger partial charge in [-0.15, -0.1) is 0 Å². The van der Waals surface area contributed by atoms with E-state index in [9.17, 15) is 10.1 Å². The first-order valence-electron chi connectivity index (χ1n) is 4.14. The molecule has 14 heavy (non-hydrogen) atoms. The van der Waals surface area contributed by atoms with Crippen LogP contribution in [0.2, 0.25) is 0 Å². The molecule has 0 fully saturated rings. The Hall–Kier alpha value is -1.62. The topological polar surface area (TPSA) is 78.4 Å². The molecule has 2 N–H and O–H groups in total. The van der Waals surface area contributed by atoms with Gasteiger partial charge in [0.1, 0.15) is 5.75 Å². The van der Waals surface area contributed by atoms with E-state index in [2.05, 4.69) is 0 Å². The number of ether oxygens (including phenoxy) is 1. The van der Waals surface area contributed by atoms with Crippen molar-refractivity contribution in [2.45, 2.75) is 13.0 Å². The molecule has 0 bridgehead atoms. The van der Waals surface area contributed by atoms with Gasteiger partial charge in [-0.05, 0) is 19.1 Å². The van der Waals surface area contributed by atoms with Crippen molar-refractivity contribution in [3.8, 4) is 5.75 Å². The molecule has 1 rings (SSSR count). The summed E-state index contributed by atoms with van der Waals surface area (Å²) in [6.45, 7) is 1.70.